The molecule has 2 amide bonds. The summed E-state index contributed by atoms with van der Waals surface area (Å²) in [6, 6.07) is -0.140. The largest absolute Gasteiger partial charge is 0.481 e. The second kappa shape index (κ2) is 9.10. The Morgan fingerprint density at radius 2 is 1.85 bits per heavy atom. The molecule has 20 heavy (non-hydrogen) atoms. The molecule has 0 atom stereocenters. The Hall–Kier alpha value is -0.910. The van der Waals surface area contributed by atoms with Gasteiger partial charge in [0.25, 0.3) is 0 Å². The molecule has 0 radical (unpaired) electrons. The molecule has 0 aromatic carbocycles. The van der Waals surface area contributed by atoms with Crippen molar-refractivity contribution in [3.05, 3.63) is 0 Å². The summed E-state index contributed by atoms with van der Waals surface area (Å²) in [6.07, 6.45) is 9.74. The van der Waals surface area contributed by atoms with Crippen molar-refractivity contribution < 1.29 is 14.7 Å². The van der Waals surface area contributed by atoms with E-state index in [-0.39, 0.29) is 17.2 Å². The monoisotopic (exact) mass is 302 g/mol. The number of nitrogens with one attached hydrogen (secondary N) is 2. The number of thioether (sulfide) groups is 1. The highest BCUT2D eigenvalue weighted by atomic mass is 32.2. The van der Waals surface area contributed by atoms with Gasteiger partial charge in [-0.3, -0.25) is 4.79 Å². The first kappa shape index (κ1) is 17.1. The summed E-state index contributed by atoms with van der Waals surface area (Å²) in [5.74, 6) is -0.784. The summed E-state index contributed by atoms with van der Waals surface area (Å²) < 4.78 is 0.207. The van der Waals surface area contributed by atoms with Crippen molar-refractivity contribution in [1.29, 1.82) is 0 Å². The molecule has 116 valence electrons. The van der Waals surface area contributed by atoms with Crippen LogP contribution in [-0.4, -0.2) is 41.2 Å². The molecule has 0 saturated heterocycles. The van der Waals surface area contributed by atoms with Crippen LogP contribution in [0.4, 0.5) is 4.79 Å². The quantitative estimate of drug-likeness (QED) is 0.602. The van der Waals surface area contributed by atoms with E-state index < -0.39 is 5.97 Å². The van der Waals surface area contributed by atoms with Gasteiger partial charge >= 0.3 is 12.0 Å². The van der Waals surface area contributed by atoms with Crippen LogP contribution in [-0.2, 0) is 4.79 Å². The zero-order valence-electron chi connectivity index (χ0n) is 12.2. The minimum Gasteiger partial charge on any atom is -0.481 e. The lowest BCUT2D eigenvalue weighted by Crippen LogP contribution is -2.45. The first-order valence-corrected chi connectivity index (χ1v) is 8.59. The summed E-state index contributed by atoms with van der Waals surface area (Å²) >= 11 is 1.86. The molecule has 0 heterocycles. The predicted molar refractivity (Wildman–Crippen MR) is 82.2 cm³/mol. The zero-order chi connectivity index (χ0) is 14.8. The minimum atomic E-state index is -0.784. The lowest BCUT2D eigenvalue weighted by atomic mass is 9.88. The zero-order valence-corrected chi connectivity index (χ0v) is 13.1. The molecule has 5 nitrogen and oxygen atoms in total. The van der Waals surface area contributed by atoms with E-state index in [1.165, 1.54) is 32.1 Å². The van der Waals surface area contributed by atoms with Gasteiger partial charge in [-0.2, -0.15) is 11.8 Å². The average Bonchev–Trinajstić information content (AvgIpc) is 2.45. The van der Waals surface area contributed by atoms with Gasteiger partial charge in [-0.05, 0) is 31.9 Å². The van der Waals surface area contributed by atoms with E-state index in [0.717, 1.165) is 6.54 Å². The molecule has 0 aromatic heterocycles. The van der Waals surface area contributed by atoms with Gasteiger partial charge in [0.05, 0.1) is 0 Å². The van der Waals surface area contributed by atoms with E-state index >= 15 is 0 Å². The number of urea groups is 1. The van der Waals surface area contributed by atoms with Crippen LogP contribution >= 0.6 is 11.8 Å². The maximum absolute atomic E-state index is 11.7. The molecule has 1 fully saturated rings. The number of carboxylic acids is 1. The van der Waals surface area contributed by atoms with Crippen LogP contribution in [0.25, 0.3) is 0 Å². The van der Waals surface area contributed by atoms with Crippen LogP contribution in [0.15, 0.2) is 0 Å². The van der Waals surface area contributed by atoms with Crippen LogP contribution in [0.3, 0.4) is 0 Å². The van der Waals surface area contributed by atoms with Crippen molar-refractivity contribution >= 4 is 23.8 Å². The molecule has 3 N–H and O–H groups in total. The molecule has 1 aliphatic rings. The van der Waals surface area contributed by atoms with E-state index in [1.54, 1.807) is 0 Å². The number of amides is 2. The van der Waals surface area contributed by atoms with Crippen molar-refractivity contribution in [1.82, 2.24) is 10.6 Å². The summed E-state index contributed by atoms with van der Waals surface area (Å²) in [5, 5.41) is 14.2. The van der Waals surface area contributed by atoms with Gasteiger partial charge in [-0.15, -0.1) is 0 Å². The van der Waals surface area contributed by atoms with Gasteiger partial charge in [-0.1, -0.05) is 19.3 Å². The lowest BCUT2D eigenvalue weighted by Gasteiger charge is -2.35. The van der Waals surface area contributed by atoms with Crippen LogP contribution < -0.4 is 10.6 Å². The fourth-order valence-electron chi connectivity index (χ4n) is 2.56. The van der Waals surface area contributed by atoms with Crippen LogP contribution in [0.1, 0.15) is 51.4 Å². The molecule has 1 aliphatic carbocycles. The Morgan fingerprint density at radius 3 is 2.45 bits per heavy atom. The second-order valence-electron chi connectivity index (χ2n) is 5.41. The molecular formula is C14H26N2O3S. The number of aliphatic carboxylic acids is 1. The highest BCUT2D eigenvalue weighted by molar-refractivity contribution is 8.00. The Labute approximate surface area is 125 Å². The molecular weight excluding hydrogens is 276 g/mol. The van der Waals surface area contributed by atoms with E-state index in [4.69, 9.17) is 5.11 Å². The van der Waals surface area contributed by atoms with Crippen LogP contribution in [0.2, 0.25) is 0 Å². The van der Waals surface area contributed by atoms with Crippen molar-refractivity contribution in [2.45, 2.75) is 56.1 Å². The van der Waals surface area contributed by atoms with Crippen molar-refractivity contribution in [2.75, 3.05) is 19.3 Å². The molecule has 1 rings (SSSR count). The Bertz CT molecular complexity index is 318. The number of unbranched alkanes of at least 4 members (excludes halogenated alkanes) is 1. The van der Waals surface area contributed by atoms with Gasteiger partial charge in [0, 0.05) is 24.3 Å². The first-order valence-electron chi connectivity index (χ1n) is 7.37. The number of carbonyl (C=O) groups excluding carboxylic acids is 1. The normalized spacial score (nSPS) is 17.4. The first-order chi connectivity index (χ1) is 9.58. The van der Waals surface area contributed by atoms with Gasteiger partial charge < -0.3 is 15.7 Å². The van der Waals surface area contributed by atoms with E-state index in [0.29, 0.717) is 19.4 Å². The predicted octanol–water partition coefficient (Wildman–Crippen LogP) is 2.61. The highest BCUT2D eigenvalue weighted by Crippen LogP contribution is 2.37. The number of rotatable bonds is 8. The molecule has 6 heteroatoms. The SMILES string of the molecule is CSC1(CNC(=O)NCCCCC(=O)O)CCCCC1. The summed E-state index contributed by atoms with van der Waals surface area (Å²) in [7, 11) is 0. The summed E-state index contributed by atoms with van der Waals surface area (Å²) in [4.78, 5) is 22.0. The van der Waals surface area contributed by atoms with Crippen molar-refractivity contribution in [3.8, 4) is 0 Å². The highest BCUT2D eigenvalue weighted by Gasteiger charge is 2.31. The van der Waals surface area contributed by atoms with Crippen molar-refractivity contribution in [3.63, 3.8) is 0 Å². The number of hydrogen-bond acceptors (Lipinski definition) is 3. The second-order valence-corrected chi connectivity index (χ2v) is 6.68. The third-order valence-corrected chi connectivity index (χ3v) is 5.29. The molecule has 1 saturated carbocycles. The molecule has 0 aromatic rings. The maximum atomic E-state index is 11.7. The molecule has 0 unspecified atom stereocenters. The fraction of sp³-hybridized carbons (Fsp3) is 0.857. The van der Waals surface area contributed by atoms with Crippen LogP contribution in [0, 0.1) is 0 Å². The van der Waals surface area contributed by atoms with E-state index in [2.05, 4.69) is 16.9 Å². The third kappa shape index (κ3) is 6.50. The lowest BCUT2D eigenvalue weighted by molar-refractivity contribution is -0.137. The average molecular weight is 302 g/mol. The molecule has 0 aliphatic heterocycles. The number of hydrogen-bond donors (Lipinski definition) is 3. The standard InChI is InChI=1S/C14H26N2O3S/c1-20-14(8-4-2-5-9-14)11-16-13(19)15-10-6-3-7-12(17)18/h2-11H2,1H3,(H,17,18)(H2,15,16,19). The van der Waals surface area contributed by atoms with E-state index in [1.807, 2.05) is 11.8 Å². The molecule has 0 spiro atoms. The van der Waals surface area contributed by atoms with Gasteiger partial charge in [0.1, 0.15) is 0 Å². The van der Waals surface area contributed by atoms with Gasteiger partial charge in [0.15, 0.2) is 0 Å². The number of carbonyl (C=O) groups is 2. The Balaban J connectivity index is 2.13. The number of carboxylic acid groups (broad SMARTS) is 1. The molecule has 0 bridgehead atoms. The minimum absolute atomic E-state index is 0.140. The van der Waals surface area contributed by atoms with E-state index in [9.17, 15) is 9.59 Å². The smallest absolute Gasteiger partial charge is 0.314 e. The summed E-state index contributed by atoms with van der Waals surface area (Å²) in [6.45, 7) is 1.25. The van der Waals surface area contributed by atoms with Crippen LogP contribution in [0.5, 0.6) is 0 Å². The summed E-state index contributed by atoms with van der Waals surface area (Å²) in [5.41, 5.74) is 0. The third-order valence-electron chi connectivity index (χ3n) is 3.87. The van der Waals surface area contributed by atoms with Gasteiger partial charge in [0.2, 0.25) is 0 Å². The maximum Gasteiger partial charge on any atom is 0.314 e. The topological polar surface area (TPSA) is 78.4 Å². The Morgan fingerprint density at radius 1 is 1.15 bits per heavy atom. The fourth-order valence-corrected chi connectivity index (χ4v) is 3.47. The Kier molecular flexibility index (Phi) is 7.80. The van der Waals surface area contributed by atoms with Crippen molar-refractivity contribution in [2.24, 2.45) is 0 Å². The van der Waals surface area contributed by atoms with Gasteiger partial charge in [-0.25, -0.2) is 4.79 Å².